The Morgan fingerprint density at radius 1 is 1.06 bits per heavy atom. The number of carbonyl (C=O) groups is 3. The van der Waals surface area contributed by atoms with E-state index in [9.17, 15) is 27.6 Å². The molecule has 2 amide bonds. The van der Waals surface area contributed by atoms with Gasteiger partial charge in [0.1, 0.15) is 23.9 Å². The van der Waals surface area contributed by atoms with Gasteiger partial charge in [-0.15, -0.1) is 0 Å². The minimum atomic E-state index is -3.28. The molecule has 4 rings (SSSR count). The van der Waals surface area contributed by atoms with E-state index in [4.69, 9.17) is 14.2 Å². The first-order chi connectivity index (χ1) is 17.3. The number of anilines is 1. The molecular weight excluding hydrogens is 479 g/mol. The number of amides is 2. The van der Waals surface area contributed by atoms with E-state index in [0.717, 1.165) is 6.07 Å². The first-order valence-electron chi connectivity index (χ1n) is 10.9. The van der Waals surface area contributed by atoms with Gasteiger partial charge in [0, 0.05) is 10.8 Å². The zero-order chi connectivity index (χ0) is 26.0. The van der Waals surface area contributed by atoms with Crippen LogP contribution in [0.25, 0.3) is 10.8 Å². The van der Waals surface area contributed by atoms with Crippen LogP contribution in [0.2, 0.25) is 0 Å². The van der Waals surface area contributed by atoms with Crippen molar-refractivity contribution in [1.82, 2.24) is 0 Å². The molecule has 7 nitrogen and oxygen atoms in total. The molecule has 0 radical (unpaired) electrons. The zero-order valence-electron chi connectivity index (χ0n) is 19.1. The summed E-state index contributed by atoms with van der Waals surface area (Å²) in [5.74, 6) is -3.89. The Morgan fingerprint density at radius 2 is 1.69 bits per heavy atom. The summed E-state index contributed by atoms with van der Waals surface area (Å²) < 4.78 is 56.7. The van der Waals surface area contributed by atoms with Crippen molar-refractivity contribution in [3.05, 3.63) is 77.6 Å². The van der Waals surface area contributed by atoms with E-state index in [-0.39, 0.29) is 53.0 Å². The molecule has 1 aliphatic rings. The zero-order valence-corrected chi connectivity index (χ0v) is 19.1. The Bertz CT molecular complexity index is 1390. The predicted molar refractivity (Wildman–Crippen MR) is 124 cm³/mol. The number of imide groups is 1. The fraction of sp³-hybridized carbons (Fsp3) is 0.192. The lowest BCUT2D eigenvalue weighted by Gasteiger charge is -2.16. The molecule has 0 saturated carbocycles. The van der Waals surface area contributed by atoms with Crippen molar-refractivity contribution in [2.75, 3.05) is 18.1 Å². The number of carbonyl (C=O) groups excluding carboxylic acids is 3. The average Bonchev–Trinajstić information content (AvgIpc) is 3.10. The van der Waals surface area contributed by atoms with Crippen molar-refractivity contribution < 1.29 is 41.8 Å². The summed E-state index contributed by atoms with van der Waals surface area (Å²) >= 11 is 0. The van der Waals surface area contributed by atoms with Crippen LogP contribution in [0.15, 0.2) is 55.1 Å². The van der Waals surface area contributed by atoms with Gasteiger partial charge in [0.2, 0.25) is 0 Å². The molecule has 186 valence electrons. The molecule has 10 heteroatoms. The van der Waals surface area contributed by atoms with Gasteiger partial charge in [-0.1, -0.05) is 43.0 Å². The lowest BCUT2D eigenvalue weighted by molar-refractivity contribution is -0.142. The van der Waals surface area contributed by atoms with Crippen molar-refractivity contribution in [2.45, 2.75) is 20.0 Å². The number of rotatable bonds is 9. The van der Waals surface area contributed by atoms with Crippen LogP contribution in [0.3, 0.4) is 0 Å². The van der Waals surface area contributed by atoms with Crippen LogP contribution in [-0.4, -0.2) is 37.6 Å². The number of alkyl halides is 2. The summed E-state index contributed by atoms with van der Waals surface area (Å²) in [4.78, 5) is 39.3. The second kappa shape index (κ2) is 10.1. The third-order valence-corrected chi connectivity index (χ3v) is 5.44. The minimum absolute atomic E-state index is 0.00345. The maximum Gasteiger partial charge on any atom is 0.387 e. The van der Waals surface area contributed by atoms with Crippen molar-refractivity contribution in [3.63, 3.8) is 0 Å². The van der Waals surface area contributed by atoms with Crippen LogP contribution >= 0.6 is 0 Å². The highest BCUT2D eigenvalue weighted by atomic mass is 19.3. The quantitative estimate of drug-likeness (QED) is 0.233. The molecule has 1 aliphatic heterocycles. The highest BCUT2D eigenvalue weighted by molar-refractivity contribution is 6.38. The van der Waals surface area contributed by atoms with Gasteiger partial charge < -0.3 is 14.2 Å². The lowest BCUT2D eigenvalue weighted by Crippen LogP contribution is -2.29. The molecule has 0 aromatic heterocycles. The van der Waals surface area contributed by atoms with Crippen LogP contribution in [-0.2, 0) is 16.0 Å². The van der Waals surface area contributed by atoms with E-state index in [1.54, 1.807) is 19.1 Å². The average molecular weight is 499 g/mol. The molecule has 0 bridgehead atoms. The van der Waals surface area contributed by atoms with Gasteiger partial charge in [0.25, 0.3) is 11.8 Å². The van der Waals surface area contributed by atoms with E-state index < -0.39 is 41.5 Å². The normalized spacial score (nSPS) is 12.8. The summed E-state index contributed by atoms with van der Waals surface area (Å²) in [6.07, 6.45) is 1.07. The third kappa shape index (κ3) is 4.37. The second-order valence-electron chi connectivity index (χ2n) is 7.64. The Balaban J connectivity index is 1.86. The van der Waals surface area contributed by atoms with Gasteiger partial charge in [-0.2, -0.15) is 8.78 Å². The van der Waals surface area contributed by atoms with Crippen LogP contribution in [0.4, 0.5) is 18.9 Å². The van der Waals surface area contributed by atoms with Gasteiger partial charge in [-0.05, 0) is 24.6 Å². The van der Waals surface area contributed by atoms with E-state index in [1.165, 1.54) is 30.3 Å². The fourth-order valence-corrected chi connectivity index (χ4v) is 4.02. The Labute approximate surface area is 203 Å². The fourth-order valence-electron chi connectivity index (χ4n) is 4.02. The van der Waals surface area contributed by atoms with Crippen LogP contribution in [0, 0.1) is 5.82 Å². The minimum Gasteiger partial charge on any atom is -0.488 e. The Kier molecular flexibility index (Phi) is 6.96. The van der Waals surface area contributed by atoms with Crippen molar-refractivity contribution in [3.8, 4) is 11.5 Å². The van der Waals surface area contributed by atoms with Crippen LogP contribution in [0.1, 0.15) is 33.2 Å². The van der Waals surface area contributed by atoms with Crippen molar-refractivity contribution in [1.29, 1.82) is 0 Å². The van der Waals surface area contributed by atoms with E-state index in [0.29, 0.717) is 4.90 Å². The number of benzene rings is 3. The number of nitrogens with zero attached hydrogens (tertiary/aromatic N) is 1. The highest BCUT2D eigenvalue weighted by Gasteiger charge is 2.44. The molecule has 3 aromatic carbocycles. The number of hydrogen-bond donors (Lipinski definition) is 0. The van der Waals surface area contributed by atoms with Gasteiger partial charge in [-0.25, -0.2) is 9.29 Å². The van der Waals surface area contributed by atoms with Gasteiger partial charge in [-0.3, -0.25) is 14.4 Å². The van der Waals surface area contributed by atoms with E-state index in [2.05, 4.69) is 6.58 Å². The third-order valence-electron chi connectivity index (χ3n) is 5.44. The number of fused-ring (bicyclic) bond motifs is 2. The van der Waals surface area contributed by atoms with E-state index >= 15 is 0 Å². The molecule has 0 fully saturated rings. The molecule has 0 atom stereocenters. The maximum atomic E-state index is 14.8. The Morgan fingerprint density at radius 3 is 2.28 bits per heavy atom. The topological polar surface area (TPSA) is 82.1 Å². The monoisotopic (exact) mass is 499 g/mol. The Hall–Kier alpha value is -4.34. The first-order valence-corrected chi connectivity index (χ1v) is 10.9. The number of ether oxygens (including phenoxy) is 3. The number of halogens is 3. The summed E-state index contributed by atoms with van der Waals surface area (Å²) in [5.41, 5.74) is -0.870. The molecule has 0 N–H and O–H groups in total. The number of esters is 1. The molecule has 0 spiro atoms. The molecular formula is C26H20F3NO6. The van der Waals surface area contributed by atoms with E-state index in [1.807, 2.05) is 0 Å². The van der Waals surface area contributed by atoms with Gasteiger partial charge in [0.05, 0.1) is 29.8 Å². The summed E-state index contributed by atoms with van der Waals surface area (Å²) in [6, 6.07) is 9.59. The number of hydrogen-bond acceptors (Lipinski definition) is 6. The maximum absolute atomic E-state index is 14.8. The van der Waals surface area contributed by atoms with Gasteiger partial charge >= 0.3 is 12.6 Å². The van der Waals surface area contributed by atoms with Crippen LogP contribution < -0.4 is 14.4 Å². The smallest absolute Gasteiger partial charge is 0.387 e. The van der Waals surface area contributed by atoms with Gasteiger partial charge in [0.15, 0.2) is 0 Å². The second-order valence-corrected chi connectivity index (χ2v) is 7.64. The SMILES string of the molecule is C=CCOc1c2c(c(OC(F)F)c3ccccc13)C(=O)N(c1ccc(CC(=O)OCC)c(F)c1)C2=O. The molecule has 0 unspecified atom stereocenters. The largest absolute Gasteiger partial charge is 0.488 e. The highest BCUT2D eigenvalue weighted by Crippen LogP contribution is 2.46. The first kappa shape index (κ1) is 24.8. The van der Waals surface area contributed by atoms with Crippen molar-refractivity contribution >= 4 is 34.2 Å². The molecule has 36 heavy (non-hydrogen) atoms. The standard InChI is InChI=1S/C26H20F3NO6/c1-3-11-35-22-16-7-5-6-8-17(16)23(36-26(28)29)21-20(22)24(32)30(25(21)33)15-10-9-14(18(27)13-15)12-19(31)34-4-2/h3,5-10,13,26H,1,4,11-12H2,2H3. The van der Waals surface area contributed by atoms with Crippen molar-refractivity contribution in [2.24, 2.45) is 0 Å². The summed E-state index contributed by atoms with van der Waals surface area (Å²) in [5, 5.41) is 0.405. The molecule has 1 heterocycles. The molecule has 3 aromatic rings. The predicted octanol–water partition coefficient (Wildman–Crippen LogP) is 5.05. The molecule has 0 saturated heterocycles. The lowest BCUT2D eigenvalue weighted by atomic mass is 9.99. The van der Waals surface area contributed by atoms with Crippen LogP contribution in [0.5, 0.6) is 11.5 Å². The summed E-state index contributed by atoms with van der Waals surface area (Å²) in [6.45, 7) is 1.99. The summed E-state index contributed by atoms with van der Waals surface area (Å²) in [7, 11) is 0. The molecule has 0 aliphatic carbocycles.